The molecular weight excluding hydrogens is 330 g/mol. The van der Waals surface area contributed by atoms with Crippen molar-refractivity contribution in [3.05, 3.63) is 29.8 Å². The standard InChI is InChI=1S/C17H23NO5S/c1-2-24(22,23)15-8-5-6-13(12-15)17(21)18-11-4-3-7-14(18)9-10-16(19)20/h5-6,8,12,14H,2-4,7,9-11H2,1H3,(H,19,20). The average Bonchev–Trinajstić information content (AvgIpc) is 2.59. The number of sulfone groups is 1. The molecule has 1 amide bonds. The highest BCUT2D eigenvalue weighted by Crippen LogP contribution is 2.24. The van der Waals surface area contributed by atoms with E-state index >= 15 is 0 Å². The summed E-state index contributed by atoms with van der Waals surface area (Å²) < 4.78 is 24.0. The molecule has 1 unspecified atom stereocenters. The first-order valence-electron chi connectivity index (χ1n) is 8.20. The molecule has 1 saturated heterocycles. The molecule has 132 valence electrons. The lowest BCUT2D eigenvalue weighted by atomic mass is 9.97. The Balaban J connectivity index is 2.22. The minimum atomic E-state index is -3.37. The number of hydrogen-bond donors (Lipinski definition) is 1. The Morgan fingerprint density at radius 1 is 1.29 bits per heavy atom. The van der Waals surface area contributed by atoms with Crippen molar-refractivity contribution in [2.75, 3.05) is 12.3 Å². The Morgan fingerprint density at radius 2 is 2.04 bits per heavy atom. The van der Waals surface area contributed by atoms with Crippen LogP contribution in [0.25, 0.3) is 0 Å². The van der Waals surface area contributed by atoms with Gasteiger partial charge in [0.05, 0.1) is 10.6 Å². The van der Waals surface area contributed by atoms with Gasteiger partial charge in [0, 0.05) is 24.6 Å². The highest BCUT2D eigenvalue weighted by atomic mass is 32.2. The number of likely N-dealkylation sites (tertiary alicyclic amines) is 1. The molecule has 0 spiro atoms. The zero-order valence-corrected chi connectivity index (χ0v) is 14.6. The van der Waals surface area contributed by atoms with Crippen molar-refractivity contribution < 1.29 is 23.1 Å². The van der Waals surface area contributed by atoms with Gasteiger partial charge in [0.1, 0.15) is 0 Å². The molecule has 1 fully saturated rings. The number of carboxylic acids is 1. The predicted octanol–water partition coefficient (Wildman–Crippen LogP) is 2.34. The Kier molecular flexibility index (Phi) is 5.99. The lowest BCUT2D eigenvalue weighted by Gasteiger charge is -2.35. The summed E-state index contributed by atoms with van der Waals surface area (Å²) in [7, 11) is -3.37. The molecule has 1 aliphatic rings. The summed E-state index contributed by atoms with van der Waals surface area (Å²) in [5.74, 6) is -1.11. The van der Waals surface area contributed by atoms with Crippen LogP contribution in [0, 0.1) is 0 Å². The molecular formula is C17H23NO5S. The first-order valence-corrected chi connectivity index (χ1v) is 9.86. The Hall–Kier alpha value is -1.89. The minimum absolute atomic E-state index is 0.0183. The van der Waals surface area contributed by atoms with Crippen LogP contribution in [0.2, 0.25) is 0 Å². The van der Waals surface area contributed by atoms with Gasteiger partial charge >= 0.3 is 5.97 Å². The van der Waals surface area contributed by atoms with Crippen molar-refractivity contribution in [2.45, 2.75) is 50.0 Å². The number of amides is 1. The Labute approximate surface area is 142 Å². The molecule has 24 heavy (non-hydrogen) atoms. The van der Waals surface area contributed by atoms with Crippen LogP contribution >= 0.6 is 0 Å². The molecule has 0 radical (unpaired) electrons. The summed E-state index contributed by atoms with van der Waals surface area (Å²) in [5.41, 5.74) is 0.340. The zero-order chi connectivity index (χ0) is 17.7. The molecule has 0 aromatic heterocycles. The fourth-order valence-electron chi connectivity index (χ4n) is 3.01. The quantitative estimate of drug-likeness (QED) is 0.847. The molecule has 6 nitrogen and oxygen atoms in total. The molecule has 0 saturated carbocycles. The van der Waals surface area contributed by atoms with E-state index in [1.165, 1.54) is 12.1 Å². The second-order valence-corrected chi connectivity index (χ2v) is 8.29. The summed E-state index contributed by atoms with van der Waals surface area (Å²) in [5, 5.41) is 8.87. The number of rotatable bonds is 6. The van der Waals surface area contributed by atoms with Crippen LogP contribution in [-0.2, 0) is 14.6 Å². The lowest BCUT2D eigenvalue weighted by molar-refractivity contribution is -0.137. The van der Waals surface area contributed by atoms with Crippen LogP contribution in [0.3, 0.4) is 0 Å². The van der Waals surface area contributed by atoms with Crippen LogP contribution in [0.5, 0.6) is 0 Å². The average molecular weight is 353 g/mol. The summed E-state index contributed by atoms with van der Waals surface area (Å²) in [6.45, 7) is 2.14. The van der Waals surface area contributed by atoms with Crippen LogP contribution in [0.4, 0.5) is 0 Å². The van der Waals surface area contributed by atoms with Gasteiger partial charge in [-0.1, -0.05) is 13.0 Å². The van der Waals surface area contributed by atoms with Crippen molar-refractivity contribution in [3.63, 3.8) is 0 Å². The number of hydrogen-bond acceptors (Lipinski definition) is 4. The number of nitrogens with zero attached hydrogens (tertiary/aromatic N) is 1. The van der Waals surface area contributed by atoms with E-state index in [4.69, 9.17) is 5.11 Å². The van der Waals surface area contributed by atoms with Gasteiger partial charge in [-0.15, -0.1) is 0 Å². The fourth-order valence-corrected chi connectivity index (χ4v) is 3.94. The summed E-state index contributed by atoms with van der Waals surface area (Å²) in [4.78, 5) is 25.5. The number of aliphatic carboxylic acids is 1. The maximum atomic E-state index is 12.8. The van der Waals surface area contributed by atoms with Gasteiger partial charge in [0.25, 0.3) is 5.91 Å². The van der Waals surface area contributed by atoms with Crippen LogP contribution in [-0.4, -0.2) is 48.6 Å². The van der Waals surface area contributed by atoms with Gasteiger partial charge in [-0.3, -0.25) is 9.59 Å². The molecule has 0 bridgehead atoms. The Morgan fingerprint density at radius 3 is 2.71 bits per heavy atom. The van der Waals surface area contributed by atoms with Crippen molar-refractivity contribution in [2.24, 2.45) is 0 Å². The lowest BCUT2D eigenvalue weighted by Crippen LogP contribution is -2.44. The third-order valence-electron chi connectivity index (χ3n) is 4.40. The molecule has 7 heteroatoms. The predicted molar refractivity (Wildman–Crippen MR) is 89.7 cm³/mol. The van der Waals surface area contributed by atoms with E-state index in [2.05, 4.69) is 0 Å². The molecule has 2 rings (SSSR count). The maximum absolute atomic E-state index is 12.8. The second kappa shape index (κ2) is 7.79. The summed E-state index contributed by atoms with van der Waals surface area (Å²) in [6, 6.07) is 6.00. The molecule has 1 aromatic rings. The topological polar surface area (TPSA) is 91.8 Å². The van der Waals surface area contributed by atoms with Crippen molar-refractivity contribution in [1.29, 1.82) is 0 Å². The van der Waals surface area contributed by atoms with Gasteiger partial charge in [-0.05, 0) is 43.9 Å². The minimum Gasteiger partial charge on any atom is -0.481 e. The normalized spacial score (nSPS) is 18.4. The molecule has 1 N–H and O–H groups in total. The van der Waals surface area contributed by atoms with Crippen molar-refractivity contribution in [3.8, 4) is 0 Å². The number of carbonyl (C=O) groups excluding carboxylic acids is 1. The highest BCUT2D eigenvalue weighted by Gasteiger charge is 2.28. The van der Waals surface area contributed by atoms with E-state index in [0.29, 0.717) is 18.5 Å². The van der Waals surface area contributed by atoms with Gasteiger partial charge in [-0.2, -0.15) is 0 Å². The second-order valence-electron chi connectivity index (χ2n) is 6.01. The molecule has 1 atom stereocenters. The summed E-state index contributed by atoms with van der Waals surface area (Å²) >= 11 is 0. The van der Waals surface area contributed by atoms with Gasteiger partial charge < -0.3 is 10.0 Å². The zero-order valence-electron chi connectivity index (χ0n) is 13.8. The highest BCUT2D eigenvalue weighted by molar-refractivity contribution is 7.91. The first-order chi connectivity index (χ1) is 11.3. The first kappa shape index (κ1) is 18.4. The van der Waals surface area contributed by atoms with Gasteiger partial charge in [-0.25, -0.2) is 8.42 Å². The maximum Gasteiger partial charge on any atom is 0.303 e. The third kappa shape index (κ3) is 4.35. The Bertz CT molecular complexity index is 713. The number of piperidine rings is 1. The molecule has 1 aromatic carbocycles. The third-order valence-corrected chi connectivity index (χ3v) is 6.13. The van der Waals surface area contributed by atoms with E-state index in [-0.39, 0.29) is 29.0 Å². The van der Waals surface area contributed by atoms with Crippen molar-refractivity contribution >= 4 is 21.7 Å². The number of carbonyl (C=O) groups is 2. The van der Waals surface area contributed by atoms with Gasteiger partial charge in [0.15, 0.2) is 9.84 Å². The molecule has 1 aliphatic heterocycles. The smallest absolute Gasteiger partial charge is 0.303 e. The molecule has 1 heterocycles. The van der Waals surface area contributed by atoms with E-state index in [1.54, 1.807) is 24.0 Å². The van der Waals surface area contributed by atoms with E-state index < -0.39 is 15.8 Å². The van der Waals surface area contributed by atoms with Crippen molar-refractivity contribution in [1.82, 2.24) is 4.90 Å². The van der Waals surface area contributed by atoms with Crippen LogP contribution in [0.1, 0.15) is 49.4 Å². The van der Waals surface area contributed by atoms with Gasteiger partial charge in [0.2, 0.25) is 0 Å². The van der Waals surface area contributed by atoms with E-state index in [9.17, 15) is 18.0 Å². The van der Waals surface area contributed by atoms with E-state index in [0.717, 1.165) is 19.3 Å². The van der Waals surface area contributed by atoms with Crippen LogP contribution in [0.15, 0.2) is 29.2 Å². The SMILES string of the molecule is CCS(=O)(=O)c1cccc(C(=O)N2CCCCC2CCC(=O)O)c1. The largest absolute Gasteiger partial charge is 0.481 e. The van der Waals surface area contributed by atoms with Crippen LogP contribution < -0.4 is 0 Å². The van der Waals surface area contributed by atoms with E-state index in [1.807, 2.05) is 0 Å². The molecule has 0 aliphatic carbocycles. The monoisotopic (exact) mass is 353 g/mol. The number of benzene rings is 1. The number of carboxylic acid groups (broad SMARTS) is 1. The summed E-state index contributed by atoms with van der Waals surface area (Å²) in [6.07, 6.45) is 3.08. The fraction of sp³-hybridized carbons (Fsp3) is 0.529.